The molecule has 2 N–H and O–H groups in total. The van der Waals surface area contributed by atoms with Crippen molar-refractivity contribution in [2.24, 2.45) is 17.1 Å². The van der Waals surface area contributed by atoms with E-state index >= 15 is 0 Å². The van der Waals surface area contributed by atoms with E-state index in [2.05, 4.69) is 45.9 Å². The first-order valence-corrected chi connectivity index (χ1v) is 7.72. The van der Waals surface area contributed by atoms with Crippen LogP contribution in [-0.2, 0) is 12.8 Å². The van der Waals surface area contributed by atoms with Crippen LogP contribution in [0.2, 0.25) is 0 Å². The van der Waals surface area contributed by atoms with Crippen molar-refractivity contribution >= 4 is 0 Å². The molecule has 0 heterocycles. The summed E-state index contributed by atoms with van der Waals surface area (Å²) in [7, 11) is 0. The molecule has 2 unspecified atom stereocenters. The zero-order valence-electron chi connectivity index (χ0n) is 13.0. The third kappa shape index (κ3) is 4.07. The Morgan fingerprint density at radius 2 is 1.84 bits per heavy atom. The fourth-order valence-electron chi connectivity index (χ4n) is 3.52. The molecular weight excluding hydrogens is 230 g/mol. The number of aryl methyl sites for hydroxylation is 2. The SMILES string of the molecule is CC(CC(N)c1ccc2c(c1)CCC2)CC(C)(C)C. The lowest BCUT2D eigenvalue weighted by Gasteiger charge is -2.25. The highest BCUT2D eigenvalue weighted by Crippen LogP contribution is 2.31. The summed E-state index contributed by atoms with van der Waals surface area (Å²) in [4.78, 5) is 0. The summed E-state index contributed by atoms with van der Waals surface area (Å²) >= 11 is 0. The van der Waals surface area contributed by atoms with Gasteiger partial charge in [-0.25, -0.2) is 0 Å². The molecule has 1 heteroatoms. The molecule has 0 radical (unpaired) electrons. The standard InChI is InChI=1S/C18H29N/c1-13(12-18(2,3)4)10-17(19)16-9-8-14-6-5-7-15(14)11-16/h8-9,11,13,17H,5-7,10,12,19H2,1-4H3. The van der Waals surface area contributed by atoms with E-state index in [9.17, 15) is 0 Å². The Kier molecular flexibility index (Phi) is 4.35. The van der Waals surface area contributed by atoms with Crippen LogP contribution in [-0.4, -0.2) is 0 Å². The van der Waals surface area contributed by atoms with Gasteiger partial charge >= 0.3 is 0 Å². The van der Waals surface area contributed by atoms with Gasteiger partial charge in [0.15, 0.2) is 0 Å². The van der Waals surface area contributed by atoms with Crippen LogP contribution in [0.15, 0.2) is 18.2 Å². The molecule has 0 saturated heterocycles. The van der Waals surface area contributed by atoms with Crippen molar-refractivity contribution in [3.63, 3.8) is 0 Å². The second kappa shape index (κ2) is 5.66. The van der Waals surface area contributed by atoms with Gasteiger partial charge in [-0.15, -0.1) is 0 Å². The smallest absolute Gasteiger partial charge is 0.0297 e. The molecule has 0 bridgehead atoms. The first kappa shape index (κ1) is 14.6. The molecule has 0 spiro atoms. The number of fused-ring (bicyclic) bond motifs is 1. The summed E-state index contributed by atoms with van der Waals surface area (Å²) in [6.07, 6.45) is 6.15. The first-order valence-electron chi connectivity index (χ1n) is 7.72. The van der Waals surface area contributed by atoms with Crippen molar-refractivity contribution < 1.29 is 0 Å². The molecule has 0 aromatic heterocycles. The molecule has 1 aliphatic rings. The number of benzene rings is 1. The van der Waals surface area contributed by atoms with Gasteiger partial charge in [-0.3, -0.25) is 0 Å². The third-order valence-corrected chi connectivity index (χ3v) is 4.17. The number of hydrogen-bond donors (Lipinski definition) is 1. The number of nitrogens with two attached hydrogens (primary N) is 1. The highest BCUT2D eigenvalue weighted by atomic mass is 14.6. The predicted octanol–water partition coefficient (Wildman–Crippen LogP) is 4.64. The second-order valence-corrected chi connectivity index (χ2v) is 7.59. The zero-order valence-corrected chi connectivity index (χ0v) is 13.0. The Morgan fingerprint density at radius 1 is 1.16 bits per heavy atom. The van der Waals surface area contributed by atoms with Crippen molar-refractivity contribution in [3.8, 4) is 0 Å². The maximum atomic E-state index is 6.41. The normalized spacial score (nSPS) is 18.2. The molecule has 1 aliphatic carbocycles. The van der Waals surface area contributed by atoms with Crippen LogP contribution in [0.4, 0.5) is 0 Å². The molecular formula is C18H29N. The molecule has 0 amide bonds. The van der Waals surface area contributed by atoms with E-state index in [1.807, 2.05) is 0 Å². The van der Waals surface area contributed by atoms with Gasteiger partial charge < -0.3 is 5.73 Å². The van der Waals surface area contributed by atoms with E-state index in [1.165, 1.54) is 36.8 Å². The molecule has 1 aromatic carbocycles. The Labute approximate surface area is 118 Å². The minimum atomic E-state index is 0.197. The van der Waals surface area contributed by atoms with Gasteiger partial charge in [-0.1, -0.05) is 45.9 Å². The molecule has 0 aliphatic heterocycles. The van der Waals surface area contributed by atoms with E-state index in [0.717, 1.165) is 6.42 Å². The van der Waals surface area contributed by atoms with Crippen LogP contribution in [0.25, 0.3) is 0 Å². The summed E-state index contributed by atoms with van der Waals surface area (Å²) in [5, 5.41) is 0. The van der Waals surface area contributed by atoms with Gasteiger partial charge in [0.05, 0.1) is 0 Å². The lowest BCUT2D eigenvalue weighted by molar-refractivity contribution is 0.286. The predicted molar refractivity (Wildman–Crippen MR) is 83.2 cm³/mol. The summed E-state index contributed by atoms with van der Waals surface area (Å²) in [6, 6.07) is 7.10. The molecule has 2 atom stereocenters. The van der Waals surface area contributed by atoms with Crippen molar-refractivity contribution in [2.75, 3.05) is 0 Å². The minimum absolute atomic E-state index is 0.197. The van der Waals surface area contributed by atoms with Crippen LogP contribution in [0, 0.1) is 11.3 Å². The monoisotopic (exact) mass is 259 g/mol. The van der Waals surface area contributed by atoms with E-state index in [1.54, 1.807) is 5.56 Å². The van der Waals surface area contributed by atoms with Crippen LogP contribution in [0.1, 0.15) is 69.7 Å². The average Bonchev–Trinajstić information content (AvgIpc) is 2.72. The molecule has 2 rings (SSSR count). The summed E-state index contributed by atoms with van der Waals surface area (Å²) in [6.45, 7) is 9.26. The summed E-state index contributed by atoms with van der Waals surface area (Å²) < 4.78 is 0. The average molecular weight is 259 g/mol. The number of rotatable bonds is 4. The van der Waals surface area contributed by atoms with Crippen LogP contribution in [0.5, 0.6) is 0 Å². The third-order valence-electron chi connectivity index (χ3n) is 4.17. The molecule has 1 aromatic rings. The second-order valence-electron chi connectivity index (χ2n) is 7.59. The largest absolute Gasteiger partial charge is 0.324 e. The topological polar surface area (TPSA) is 26.0 Å². The van der Waals surface area contributed by atoms with Gasteiger partial charge in [-0.05, 0) is 60.1 Å². The van der Waals surface area contributed by atoms with Crippen molar-refractivity contribution in [3.05, 3.63) is 34.9 Å². The van der Waals surface area contributed by atoms with Crippen LogP contribution >= 0.6 is 0 Å². The van der Waals surface area contributed by atoms with Gasteiger partial charge in [0.1, 0.15) is 0 Å². The molecule has 1 nitrogen and oxygen atoms in total. The molecule has 0 fully saturated rings. The highest BCUT2D eigenvalue weighted by molar-refractivity contribution is 5.36. The Hall–Kier alpha value is -0.820. The van der Waals surface area contributed by atoms with Crippen LogP contribution < -0.4 is 5.73 Å². The summed E-state index contributed by atoms with van der Waals surface area (Å²) in [5.41, 5.74) is 11.2. The Bertz CT molecular complexity index is 428. The van der Waals surface area contributed by atoms with Crippen molar-refractivity contribution in [1.82, 2.24) is 0 Å². The lowest BCUT2D eigenvalue weighted by atomic mass is 9.82. The van der Waals surface area contributed by atoms with Gasteiger partial charge in [-0.2, -0.15) is 0 Å². The zero-order chi connectivity index (χ0) is 14.0. The van der Waals surface area contributed by atoms with E-state index < -0.39 is 0 Å². The van der Waals surface area contributed by atoms with Gasteiger partial charge in [0, 0.05) is 6.04 Å². The first-order chi connectivity index (χ1) is 8.85. The minimum Gasteiger partial charge on any atom is -0.324 e. The van der Waals surface area contributed by atoms with Crippen molar-refractivity contribution in [2.45, 2.75) is 65.8 Å². The van der Waals surface area contributed by atoms with Crippen LogP contribution in [0.3, 0.4) is 0 Å². The van der Waals surface area contributed by atoms with Gasteiger partial charge in [0.25, 0.3) is 0 Å². The van der Waals surface area contributed by atoms with E-state index in [4.69, 9.17) is 5.73 Å². The number of hydrogen-bond acceptors (Lipinski definition) is 1. The molecule has 0 saturated carbocycles. The van der Waals surface area contributed by atoms with E-state index in [0.29, 0.717) is 11.3 Å². The maximum absolute atomic E-state index is 6.41. The highest BCUT2D eigenvalue weighted by Gasteiger charge is 2.19. The van der Waals surface area contributed by atoms with Gasteiger partial charge in [0.2, 0.25) is 0 Å². The molecule has 106 valence electrons. The Balaban J connectivity index is 1.98. The Morgan fingerprint density at radius 3 is 2.53 bits per heavy atom. The fraction of sp³-hybridized carbons (Fsp3) is 0.667. The lowest BCUT2D eigenvalue weighted by Crippen LogP contribution is -2.18. The maximum Gasteiger partial charge on any atom is 0.0297 e. The van der Waals surface area contributed by atoms with E-state index in [-0.39, 0.29) is 6.04 Å². The van der Waals surface area contributed by atoms with Crippen molar-refractivity contribution in [1.29, 1.82) is 0 Å². The fourth-order valence-corrected chi connectivity index (χ4v) is 3.52. The molecule has 19 heavy (non-hydrogen) atoms. The quantitative estimate of drug-likeness (QED) is 0.837. The summed E-state index contributed by atoms with van der Waals surface area (Å²) in [5.74, 6) is 0.684.